The highest BCUT2D eigenvalue weighted by Crippen LogP contribution is 2.47. The lowest BCUT2D eigenvalue weighted by molar-refractivity contribution is 0.245. The fourth-order valence-electron chi connectivity index (χ4n) is 2.70. The van der Waals surface area contributed by atoms with E-state index in [9.17, 15) is 0 Å². The van der Waals surface area contributed by atoms with E-state index in [1.54, 1.807) is 0 Å². The lowest BCUT2D eigenvalue weighted by Crippen LogP contribution is -2.24. The molecule has 1 aromatic heterocycles. The van der Waals surface area contributed by atoms with Gasteiger partial charge in [0.15, 0.2) is 0 Å². The first-order valence-electron chi connectivity index (χ1n) is 6.97. The van der Waals surface area contributed by atoms with Gasteiger partial charge in [-0.25, -0.2) is 0 Å². The molecule has 3 nitrogen and oxygen atoms in total. The van der Waals surface area contributed by atoms with Crippen molar-refractivity contribution in [1.82, 2.24) is 10.3 Å². The smallest absolute Gasteiger partial charge is 0.0746 e. The van der Waals surface area contributed by atoms with Crippen molar-refractivity contribution in [3.05, 3.63) is 42.1 Å². The third-order valence-corrected chi connectivity index (χ3v) is 4.13. The Labute approximate surface area is 113 Å². The average molecular weight is 256 g/mol. The summed E-state index contributed by atoms with van der Waals surface area (Å²) >= 11 is 0. The molecule has 0 aliphatic heterocycles. The minimum absolute atomic E-state index is 0.303. The Bertz CT molecular complexity index is 558. The van der Waals surface area contributed by atoms with Crippen LogP contribution in [-0.2, 0) is 6.54 Å². The number of hydrogen-bond donors (Lipinski definition) is 2. The van der Waals surface area contributed by atoms with Crippen molar-refractivity contribution in [3.63, 3.8) is 0 Å². The molecule has 0 spiro atoms. The molecule has 1 aliphatic rings. The second-order valence-corrected chi connectivity index (χ2v) is 5.57. The summed E-state index contributed by atoms with van der Waals surface area (Å²) < 4.78 is 0. The van der Waals surface area contributed by atoms with Crippen LogP contribution in [0.1, 0.15) is 24.8 Å². The van der Waals surface area contributed by atoms with Crippen molar-refractivity contribution in [3.8, 4) is 0 Å². The second-order valence-electron chi connectivity index (χ2n) is 5.57. The summed E-state index contributed by atoms with van der Waals surface area (Å²) in [4.78, 5) is 4.47. The number of pyridine rings is 1. The van der Waals surface area contributed by atoms with Crippen molar-refractivity contribution in [2.75, 3.05) is 13.2 Å². The number of para-hydroxylation sites is 1. The van der Waals surface area contributed by atoms with Crippen molar-refractivity contribution in [1.29, 1.82) is 0 Å². The number of hydrogen-bond acceptors (Lipinski definition) is 3. The van der Waals surface area contributed by atoms with E-state index in [0.29, 0.717) is 12.0 Å². The van der Waals surface area contributed by atoms with Crippen LogP contribution in [0.25, 0.3) is 10.9 Å². The summed E-state index contributed by atoms with van der Waals surface area (Å²) in [5.74, 6) is 0. The number of aliphatic hydroxyl groups is 1. The number of fused-ring (bicyclic) bond motifs is 1. The first-order chi connectivity index (χ1) is 9.33. The van der Waals surface area contributed by atoms with Crippen LogP contribution in [0.2, 0.25) is 0 Å². The van der Waals surface area contributed by atoms with Gasteiger partial charge in [-0.1, -0.05) is 24.3 Å². The maximum Gasteiger partial charge on any atom is 0.0746 e. The molecule has 2 aromatic rings. The van der Waals surface area contributed by atoms with Gasteiger partial charge in [0.2, 0.25) is 0 Å². The fourth-order valence-corrected chi connectivity index (χ4v) is 2.70. The molecular formula is C16H20N2O. The van der Waals surface area contributed by atoms with Crippen molar-refractivity contribution >= 4 is 10.9 Å². The van der Waals surface area contributed by atoms with Gasteiger partial charge in [0.05, 0.1) is 5.52 Å². The van der Waals surface area contributed by atoms with Gasteiger partial charge in [-0.15, -0.1) is 0 Å². The van der Waals surface area contributed by atoms with Crippen molar-refractivity contribution in [2.24, 2.45) is 5.41 Å². The molecule has 0 radical (unpaired) electrons. The third-order valence-electron chi connectivity index (χ3n) is 4.13. The molecule has 0 atom stereocenters. The Balaban J connectivity index is 1.66. The molecule has 0 saturated heterocycles. The number of aromatic nitrogens is 1. The van der Waals surface area contributed by atoms with E-state index in [4.69, 9.17) is 5.11 Å². The number of benzene rings is 1. The van der Waals surface area contributed by atoms with Gasteiger partial charge >= 0.3 is 0 Å². The minimum atomic E-state index is 0.303. The summed E-state index contributed by atoms with van der Waals surface area (Å²) in [5, 5.41) is 13.8. The summed E-state index contributed by atoms with van der Waals surface area (Å²) in [6.07, 6.45) is 5.26. The van der Waals surface area contributed by atoms with Gasteiger partial charge in [0, 0.05) is 31.3 Å². The monoisotopic (exact) mass is 256 g/mol. The van der Waals surface area contributed by atoms with E-state index < -0.39 is 0 Å². The van der Waals surface area contributed by atoms with Gasteiger partial charge in [-0.05, 0) is 36.3 Å². The molecule has 2 N–H and O–H groups in total. The minimum Gasteiger partial charge on any atom is -0.396 e. The molecule has 19 heavy (non-hydrogen) atoms. The molecule has 0 bridgehead atoms. The van der Waals surface area contributed by atoms with Crippen molar-refractivity contribution < 1.29 is 5.11 Å². The predicted octanol–water partition coefficient (Wildman–Crippen LogP) is 2.49. The zero-order valence-corrected chi connectivity index (χ0v) is 11.1. The van der Waals surface area contributed by atoms with Crippen LogP contribution in [-0.4, -0.2) is 23.2 Å². The third kappa shape index (κ3) is 2.77. The lowest BCUT2D eigenvalue weighted by Gasteiger charge is -2.15. The topological polar surface area (TPSA) is 45.1 Å². The molecule has 1 saturated carbocycles. The van der Waals surface area contributed by atoms with Crippen LogP contribution in [0.15, 0.2) is 36.5 Å². The Hall–Kier alpha value is -1.45. The summed E-state index contributed by atoms with van der Waals surface area (Å²) in [5.41, 5.74) is 2.70. The number of rotatable bonds is 6. The van der Waals surface area contributed by atoms with Crippen LogP contribution < -0.4 is 5.32 Å². The molecule has 1 fully saturated rings. The van der Waals surface area contributed by atoms with Crippen LogP contribution in [0.3, 0.4) is 0 Å². The van der Waals surface area contributed by atoms with Gasteiger partial charge < -0.3 is 10.4 Å². The van der Waals surface area contributed by atoms with Crippen molar-refractivity contribution in [2.45, 2.75) is 25.8 Å². The fraction of sp³-hybridized carbons (Fsp3) is 0.438. The highest BCUT2D eigenvalue weighted by atomic mass is 16.3. The zero-order valence-electron chi connectivity index (χ0n) is 11.1. The van der Waals surface area contributed by atoms with Gasteiger partial charge in [0.1, 0.15) is 0 Å². The van der Waals surface area contributed by atoms with Crippen LogP contribution in [0.5, 0.6) is 0 Å². The van der Waals surface area contributed by atoms with E-state index in [0.717, 1.165) is 25.0 Å². The predicted molar refractivity (Wildman–Crippen MR) is 76.8 cm³/mol. The molecular weight excluding hydrogens is 236 g/mol. The molecule has 3 heteroatoms. The summed E-state index contributed by atoms with van der Waals surface area (Å²) in [6.45, 7) is 2.15. The Morgan fingerprint density at radius 3 is 2.84 bits per heavy atom. The van der Waals surface area contributed by atoms with Crippen LogP contribution in [0, 0.1) is 5.41 Å². The second kappa shape index (κ2) is 5.27. The SMILES string of the molecule is OCCC1(CNCc2cccc3cccnc23)CC1. The van der Waals surface area contributed by atoms with Gasteiger partial charge in [0.25, 0.3) is 0 Å². The molecule has 1 aliphatic carbocycles. The van der Waals surface area contributed by atoms with E-state index in [-0.39, 0.29) is 0 Å². The standard InChI is InChI=1S/C16H20N2O/c19-10-8-16(6-7-16)12-17-11-14-4-1-3-13-5-2-9-18-15(13)14/h1-5,9,17,19H,6-8,10-12H2. The van der Waals surface area contributed by atoms with E-state index in [1.165, 1.54) is 23.8 Å². The first-order valence-corrected chi connectivity index (χ1v) is 6.97. The van der Waals surface area contributed by atoms with Crippen LogP contribution >= 0.6 is 0 Å². The molecule has 1 aromatic carbocycles. The Morgan fingerprint density at radius 2 is 2.05 bits per heavy atom. The highest BCUT2D eigenvalue weighted by molar-refractivity contribution is 5.81. The van der Waals surface area contributed by atoms with Crippen LogP contribution in [0.4, 0.5) is 0 Å². The summed E-state index contributed by atoms with van der Waals surface area (Å²) in [6, 6.07) is 10.4. The average Bonchev–Trinajstić information content (AvgIpc) is 3.19. The quantitative estimate of drug-likeness (QED) is 0.834. The normalized spacial score (nSPS) is 16.7. The summed E-state index contributed by atoms with van der Waals surface area (Å²) in [7, 11) is 0. The maximum atomic E-state index is 9.06. The zero-order chi connectivity index (χ0) is 13.1. The van der Waals surface area contributed by atoms with Gasteiger partial charge in [-0.3, -0.25) is 4.98 Å². The van der Waals surface area contributed by atoms with E-state index in [1.807, 2.05) is 12.3 Å². The highest BCUT2D eigenvalue weighted by Gasteiger charge is 2.41. The maximum absolute atomic E-state index is 9.06. The first kappa shape index (κ1) is 12.6. The number of nitrogens with one attached hydrogen (secondary N) is 1. The van der Waals surface area contributed by atoms with Gasteiger partial charge in [-0.2, -0.15) is 0 Å². The Morgan fingerprint density at radius 1 is 1.21 bits per heavy atom. The largest absolute Gasteiger partial charge is 0.396 e. The molecule has 0 unspecified atom stereocenters. The number of aliphatic hydroxyl groups excluding tert-OH is 1. The molecule has 0 amide bonds. The Kier molecular flexibility index (Phi) is 3.49. The molecule has 100 valence electrons. The van der Waals surface area contributed by atoms with E-state index >= 15 is 0 Å². The molecule has 3 rings (SSSR count). The molecule has 1 heterocycles. The lowest BCUT2D eigenvalue weighted by atomic mass is 10.0. The number of nitrogens with zero attached hydrogens (tertiary/aromatic N) is 1. The van der Waals surface area contributed by atoms with E-state index in [2.05, 4.69) is 34.6 Å².